The van der Waals surface area contributed by atoms with Crippen molar-refractivity contribution in [2.24, 2.45) is 5.41 Å². The van der Waals surface area contributed by atoms with E-state index < -0.39 is 29.1 Å². The largest absolute Gasteiger partial charge is 0.467 e. The summed E-state index contributed by atoms with van der Waals surface area (Å²) in [5, 5.41) is 5.52. The normalized spacial score (nSPS) is 16.9. The molecule has 1 saturated carbocycles. The molecule has 0 aromatic carbocycles. The summed E-state index contributed by atoms with van der Waals surface area (Å²) in [5.74, 6) is -0.799. The van der Waals surface area contributed by atoms with Crippen LogP contribution in [-0.2, 0) is 25.5 Å². The van der Waals surface area contributed by atoms with E-state index in [1.807, 2.05) is 0 Å². The van der Waals surface area contributed by atoms with E-state index in [4.69, 9.17) is 9.47 Å². The summed E-state index contributed by atoms with van der Waals surface area (Å²) in [6, 6.07) is -0.836. The SMILES string of the molecule is COC(=O)[C@H](Cc1cnc[nH]1)NC(=O)C1(CNC(=O)OC(C)(C)C)CCCC1. The smallest absolute Gasteiger partial charge is 0.407 e. The van der Waals surface area contributed by atoms with Crippen molar-refractivity contribution in [2.75, 3.05) is 13.7 Å². The molecule has 2 rings (SSSR count). The Morgan fingerprint density at radius 1 is 1.29 bits per heavy atom. The van der Waals surface area contributed by atoms with E-state index in [0.717, 1.165) is 12.8 Å². The number of carbonyl (C=O) groups excluding carboxylic acids is 3. The van der Waals surface area contributed by atoms with E-state index in [0.29, 0.717) is 18.5 Å². The van der Waals surface area contributed by atoms with Crippen molar-refractivity contribution in [3.8, 4) is 0 Å². The average Bonchev–Trinajstić information content (AvgIpc) is 3.29. The van der Waals surface area contributed by atoms with Gasteiger partial charge < -0.3 is 25.1 Å². The summed E-state index contributed by atoms with van der Waals surface area (Å²) in [5.41, 5.74) is -0.671. The van der Waals surface area contributed by atoms with Crippen molar-refractivity contribution >= 4 is 18.0 Å². The minimum atomic E-state index is -0.836. The number of hydrogen-bond acceptors (Lipinski definition) is 6. The maximum absolute atomic E-state index is 13.1. The molecule has 0 unspecified atom stereocenters. The minimum absolute atomic E-state index is 0.158. The number of rotatable bonds is 7. The van der Waals surface area contributed by atoms with Crippen molar-refractivity contribution in [1.82, 2.24) is 20.6 Å². The summed E-state index contributed by atoms with van der Waals surface area (Å²) in [6.07, 6.45) is 5.81. The molecule has 1 heterocycles. The summed E-state index contributed by atoms with van der Waals surface area (Å²) in [6.45, 7) is 5.49. The van der Waals surface area contributed by atoms with E-state index in [1.54, 1.807) is 27.0 Å². The van der Waals surface area contributed by atoms with Gasteiger partial charge in [0.2, 0.25) is 5.91 Å². The number of amides is 2. The number of methoxy groups -OCH3 is 1. The van der Waals surface area contributed by atoms with Gasteiger partial charge in [-0.05, 0) is 33.6 Å². The monoisotopic (exact) mass is 394 g/mol. The molecule has 2 amide bonds. The fourth-order valence-corrected chi connectivity index (χ4v) is 3.35. The van der Waals surface area contributed by atoms with E-state index in [2.05, 4.69) is 20.6 Å². The molecular weight excluding hydrogens is 364 g/mol. The van der Waals surface area contributed by atoms with Gasteiger partial charge in [-0.3, -0.25) is 4.79 Å². The molecule has 156 valence electrons. The lowest BCUT2D eigenvalue weighted by Gasteiger charge is -2.30. The number of aromatic amines is 1. The number of esters is 1. The van der Waals surface area contributed by atoms with Crippen LogP contribution in [0.15, 0.2) is 12.5 Å². The molecule has 1 aliphatic carbocycles. The minimum Gasteiger partial charge on any atom is -0.467 e. The van der Waals surface area contributed by atoms with E-state index >= 15 is 0 Å². The molecule has 0 bridgehead atoms. The molecule has 1 aromatic rings. The fourth-order valence-electron chi connectivity index (χ4n) is 3.35. The van der Waals surface area contributed by atoms with Gasteiger partial charge in [0, 0.05) is 24.9 Å². The van der Waals surface area contributed by atoms with E-state index in [9.17, 15) is 14.4 Å². The van der Waals surface area contributed by atoms with Gasteiger partial charge in [0.25, 0.3) is 0 Å². The highest BCUT2D eigenvalue weighted by Crippen LogP contribution is 2.38. The summed E-state index contributed by atoms with van der Waals surface area (Å²) in [4.78, 5) is 44.1. The van der Waals surface area contributed by atoms with Crippen molar-refractivity contribution < 1.29 is 23.9 Å². The first-order valence-corrected chi connectivity index (χ1v) is 9.48. The lowest BCUT2D eigenvalue weighted by Crippen LogP contribution is -2.53. The van der Waals surface area contributed by atoms with Crippen LogP contribution in [0.4, 0.5) is 4.79 Å². The number of carbonyl (C=O) groups is 3. The Kier molecular flexibility index (Phi) is 7.04. The molecule has 1 aromatic heterocycles. The maximum atomic E-state index is 13.1. The Morgan fingerprint density at radius 3 is 2.50 bits per heavy atom. The van der Waals surface area contributed by atoms with Crippen molar-refractivity contribution in [3.05, 3.63) is 18.2 Å². The molecule has 1 aliphatic rings. The second-order valence-corrected chi connectivity index (χ2v) is 8.17. The molecule has 3 N–H and O–H groups in total. The number of hydrogen-bond donors (Lipinski definition) is 3. The zero-order valence-electron chi connectivity index (χ0n) is 17.0. The molecule has 1 fully saturated rings. The predicted molar refractivity (Wildman–Crippen MR) is 101 cm³/mol. The second kappa shape index (κ2) is 9.07. The van der Waals surface area contributed by atoms with Crippen LogP contribution in [0.1, 0.15) is 52.1 Å². The molecule has 0 aliphatic heterocycles. The first-order chi connectivity index (χ1) is 13.1. The van der Waals surface area contributed by atoms with Crippen LogP contribution in [-0.4, -0.2) is 53.2 Å². The molecular formula is C19H30N4O5. The number of alkyl carbamates (subject to hydrolysis) is 1. The van der Waals surface area contributed by atoms with Gasteiger partial charge in [0.15, 0.2) is 0 Å². The highest BCUT2D eigenvalue weighted by Gasteiger charge is 2.43. The van der Waals surface area contributed by atoms with Gasteiger partial charge in [-0.25, -0.2) is 14.6 Å². The average molecular weight is 394 g/mol. The topological polar surface area (TPSA) is 122 Å². The standard InChI is InChI=1S/C19H30N4O5/c1-18(2,3)28-17(26)21-11-19(7-5-6-8-19)16(25)23-14(15(24)27-4)9-13-10-20-12-22-13/h10,12,14H,5-9,11H2,1-4H3,(H,20,22)(H,21,26)(H,23,25)/t14-/m0/s1. The zero-order valence-corrected chi connectivity index (χ0v) is 17.0. The lowest BCUT2D eigenvalue weighted by molar-refractivity contribution is -0.146. The fraction of sp³-hybridized carbons (Fsp3) is 0.684. The Hall–Kier alpha value is -2.58. The first-order valence-electron chi connectivity index (χ1n) is 9.48. The number of nitrogens with one attached hydrogen (secondary N) is 3. The zero-order chi connectivity index (χ0) is 20.8. The molecule has 9 heteroatoms. The van der Waals surface area contributed by atoms with Gasteiger partial charge in [-0.2, -0.15) is 0 Å². The molecule has 28 heavy (non-hydrogen) atoms. The third kappa shape index (κ3) is 5.97. The quantitative estimate of drug-likeness (QED) is 0.605. The van der Waals surface area contributed by atoms with Crippen LogP contribution >= 0.6 is 0 Å². The number of imidazole rings is 1. The van der Waals surface area contributed by atoms with Crippen molar-refractivity contribution in [2.45, 2.75) is 64.5 Å². The van der Waals surface area contributed by atoms with E-state index in [-0.39, 0.29) is 18.9 Å². The van der Waals surface area contributed by atoms with Crippen LogP contribution in [0.3, 0.4) is 0 Å². The van der Waals surface area contributed by atoms with Gasteiger partial charge in [0.05, 0.1) is 18.9 Å². The van der Waals surface area contributed by atoms with Crippen LogP contribution in [0.25, 0.3) is 0 Å². The Bertz CT molecular complexity index is 675. The predicted octanol–water partition coefficient (Wildman–Crippen LogP) is 1.70. The summed E-state index contributed by atoms with van der Waals surface area (Å²) < 4.78 is 10.1. The first kappa shape index (κ1) is 21.7. The van der Waals surface area contributed by atoms with Crippen LogP contribution in [0.2, 0.25) is 0 Å². The summed E-state index contributed by atoms with van der Waals surface area (Å²) in [7, 11) is 1.28. The van der Waals surface area contributed by atoms with Gasteiger partial charge >= 0.3 is 12.1 Å². The molecule has 0 radical (unpaired) electrons. The Balaban J connectivity index is 2.05. The van der Waals surface area contributed by atoms with Gasteiger partial charge in [0.1, 0.15) is 11.6 Å². The van der Waals surface area contributed by atoms with Crippen molar-refractivity contribution in [3.63, 3.8) is 0 Å². The second-order valence-electron chi connectivity index (χ2n) is 8.17. The van der Waals surface area contributed by atoms with E-state index in [1.165, 1.54) is 13.4 Å². The van der Waals surface area contributed by atoms with Crippen LogP contribution in [0, 0.1) is 5.41 Å². The number of ether oxygens (including phenoxy) is 2. The lowest BCUT2D eigenvalue weighted by atomic mass is 9.84. The Morgan fingerprint density at radius 2 is 1.96 bits per heavy atom. The highest BCUT2D eigenvalue weighted by atomic mass is 16.6. The van der Waals surface area contributed by atoms with Gasteiger partial charge in [-0.1, -0.05) is 12.8 Å². The maximum Gasteiger partial charge on any atom is 0.407 e. The number of aromatic nitrogens is 2. The molecule has 9 nitrogen and oxygen atoms in total. The highest BCUT2D eigenvalue weighted by molar-refractivity contribution is 5.89. The van der Waals surface area contributed by atoms with Crippen LogP contribution in [0.5, 0.6) is 0 Å². The van der Waals surface area contributed by atoms with Gasteiger partial charge in [-0.15, -0.1) is 0 Å². The Labute approximate surface area is 165 Å². The molecule has 0 saturated heterocycles. The number of H-pyrrole nitrogens is 1. The van der Waals surface area contributed by atoms with Crippen LogP contribution < -0.4 is 10.6 Å². The van der Waals surface area contributed by atoms with Crippen molar-refractivity contribution in [1.29, 1.82) is 0 Å². The number of nitrogens with zero attached hydrogens (tertiary/aromatic N) is 1. The molecule has 0 spiro atoms. The third-order valence-corrected chi connectivity index (χ3v) is 4.78. The summed E-state index contributed by atoms with van der Waals surface area (Å²) >= 11 is 0. The third-order valence-electron chi connectivity index (χ3n) is 4.78. The molecule has 1 atom stereocenters.